The minimum Gasteiger partial charge on any atom is -0.465 e. The highest BCUT2D eigenvalue weighted by Crippen LogP contribution is 2.27. The van der Waals surface area contributed by atoms with Gasteiger partial charge in [0.1, 0.15) is 11.2 Å². The van der Waals surface area contributed by atoms with Gasteiger partial charge in [0.15, 0.2) is 5.69 Å². The molecule has 0 radical (unpaired) electrons. The maximum absolute atomic E-state index is 12.8. The highest BCUT2D eigenvalue weighted by molar-refractivity contribution is 6.16. The third-order valence-corrected chi connectivity index (χ3v) is 3.26. The zero-order chi connectivity index (χ0) is 18.8. The maximum Gasteiger partial charge on any atom is 0.357 e. The van der Waals surface area contributed by atoms with Crippen LogP contribution in [0.1, 0.15) is 52.0 Å². The summed E-state index contributed by atoms with van der Waals surface area (Å²) in [4.78, 5) is 41.4. The molecule has 0 N–H and O–H groups in total. The van der Waals surface area contributed by atoms with Crippen LogP contribution in [0.25, 0.3) is 10.9 Å². The fourth-order valence-electron chi connectivity index (χ4n) is 2.30. The van der Waals surface area contributed by atoms with Crippen molar-refractivity contribution < 1.29 is 28.6 Å². The first-order valence-corrected chi connectivity index (χ1v) is 7.52. The van der Waals surface area contributed by atoms with Gasteiger partial charge in [-0.2, -0.15) is 0 Å². The first-order chi connectivity index (χ1) is 11.7. The molecule has 0 bridgehead atoms. The van der Waals surface area contributed by atoms with Crippen LogP contribution >= 0.6 is 0 Å². The molecule has 0 aliphatic heterocycles. The van der Waals surface area contributed by atoms with Crippen LogP contribution in [0, 0.1) is 0 Å². The molecule has 0 amide bonds. The van der Waals surface area contributed by atoms with Gasteiger partial charge in [-0.25, -0.2) is 19.4 Å². The lowest BCUT2D eigenvalue weighted by Gasteiger charge is -2.21. The third-order valence-electron chi connectivity index (χ3n) is 3.26. The molecule has 0 fully saturated rings. The summed E-state index contributed by atoms with van der Waals surface area (Å²) in [5, 5.41) is 0.379. The van der Waals surface area contributed by atoms with Crippen LogP contribution in [0.5, 0.6) is 0 Å². The second-order valence-corrected chi connectivity index (χ2v) is 6.21. The SMILES string of the molecule is COC(=O)c1nc2ccccc2c(C(=O)OC(C)(C)C)c1C(=O)OC. The number of ether oxygens (including phenoxy) is 3. The van der Waals surface area contributed by atoms with E-state index in [0.717, 1.165) is 14.2 Å². The fraction of sp³-hybridized carbons (Fsp3) is 0.333. The van der Waals surface area contributed by atoms with Crippen molar-refractivity contribution in [2.75, 3.05) is 14.2 Å². The fourth-order valence-corrected chi connectivity index (χ4v) is 2.30. The summed E-state index contributed by atoms with van der Waals surface area (Å²) in [5.74, 6) is -2.48. The van der Waals surface area contributed by atoms with Gasteiger partial charge in [0.05, 0.1) is 25.3 Å². The van der Waals surface area contributed by atoms with E-state index in [2.05, 4.69) is 4.98 Å². The molecule has 1 aromatic heterocycles. The minimum atomic E-state index is -0.875. The summed E-state index contributed by atoms with van der Waals surface area (Å²) in [6.07, 6.45) is 0. The van der Waals surface area contributed by atoms with Gasteiger partial charge >= 0.3 is 17.9 Å². The first-order valence-electron chi connectivity index (χ1n) is 7.52. The summed E-state index contributed by atoms with van der Waals surface area (Å²) in [7, 11) is 2.31. The Kier molecular flexibility index (Phi) is 5.06. The van der Waals surface area contributed by atoms with E-state index in [1.807, 2.05) is 0 Å². The Bertz CT molecular complexity index is 851. The van der Waals surface area contributed by atoms with Gasteiger partial charge in [0.25, 0.3) is 0 Å². The number of nitrogens with zero attached hydrogens (tertiary/aromatic N) is 1. The number of hydrogen-bond acceptors (Lipinski definition) is 7. The Labute approximate surface area is 144 Å². The monoisotopic (exact) mass is 345 g/mol. The molecule has 0 aliphatic carbocycles. The van der Waals surface area contributed by atoms with Crippen LogP contribution in [-0.4, -0.2) is 42.7 Å². The number of carbonyl (C=O) groups excluding carboxylic acids is 3. The number of rotatable bonds is 3. The number of fused-ring (bicyclic) bond motifs is 1. The lowest BCUT2D eigenvalue weighted by molar-refractivity contribution is 0.00674. The molecular weight excluding hydrogens is 326 g/mol. The van der Waals surface area contributed by atoms with E-state index < -0.39 is 23.5 Å². The molecule has 2 rings (SSSR count). The molecule has 7 heteroatoms. The highest BCUT2D eigenvalue weighted by atomic mass is 16.6. The number of pyridine rings is 1. The number of methoxy groups -OCH3 is 2. The Hall–Kier alpha value is -2.96. The van der Waals surface area contributed by atoms with Crippen molar-refractivity contribution in [2.45, 2.75) is 26.4 Å². The molecule has 0 aliphatic rings. The molecule has 0 unspecified atom stereocenters. The molecule has 0 atom stereocenters. The molecule has 0 saturated carbocycles. The molecule has 1 heterocycles. The van der Waals surface area contributed by atoms with Gasteiger partial charge in [-0.3, -0.25) is 0 Å². The van der Waals surface area contributed by atoms with Crippen molar-refractivity contribution in [2.24, 2.45) is 0 Å². The number of hydrogen-bond donors (Lipinski definition) is 0. The van der Waals surface area contributed by atoms with Gasteiger partial charge in [-0.05, 0) is 26.8 Å². The molecule has 2 aromatic rings. The predicted molar refractivity (Wildman–Crippen MR) is 89.6 cm³/mol. The van der Waals surface area contributed by atoms with Gasteiger partial charge in [-0.1, -0.05) is 18.2 Å². The van der Waals surface area contributed by atoms with Crippen molar-refractivity contribution in [3.05, 3.63) is 41.1 Å². The lowest BCUT2D eigenvalue weighted by atomic mass is 9.99. The largest absolute Gasteiger partial charge is 0.465 e. The number of aromatic nitrogens is 1. The van der Waals surface area contributed by atoms with Crippen LogP contribution in [-0.2, 0) is 14.2 Å². The van der Waals surface area contributed by atoms with Crippen LogP contribution in [0.4, 0.5) is 0 Å². The maximum atomic E-state index is 12.8. The van der Waals surface area contributed by atoms with Crippen molar-refractivity contribution in [1.29, 1.82) is 0 Å². The molecule has 0 saturated heterocycles. The third kappa shape index (κ3) is 3.76. The van der Waals surface area contributed by atoms with Gasteiger partial charge in [0, 0.05) is 5.39 Å². The Morgan fingerprint density at radius 1 is 0.880 bits per heavy atom. The standard InChI is InChI=1S/C18H19NO6/c1-18(2,3)25-16(21)12-10-8-6-7-9-11(10)19-14(17(22)24-5)13(12)15(20)23-4/h6-9H,1-5H3. The molecular formula is C18H19NO6. The lowest BCUT2D eigenvalue weighted by Crippen LogP contribution is -2.27. The Morgan fingerprint density at radius 3 is 2.04 bits per heavy atom. The van der Waals surface area contributed by atoms with Crippen LogP contribution in [0.15, 0.2) is 24.3 Å². The van der Waals surface area contributed by atoms with Crippen molar-refractivity contribution in [3.63, 3.8) is 0 Å². The van der Waals surface area contributed by atoms with Crippen molar-refractivity contribution >= 4 is 28.8 Å². The Balaban J connectivity index is 2.88. The molecule has 25 heavy (non-hydrogen) atoms. The second kappa shape index (κ2) is 6.88. The topological polar surface area (TPSA) is 91.8 Å². The highest BCUT2D eigenvalue weighted by Gasteiger charge is 2.32. The quantitative estimate of drug-likeness (QED) is 0.624. The summed E-state index contributed by atoms with van der Waals surface area (Å²) < 4.78 is 14.9. The van der Waals surface area contributed by atoms with E-state index in [1.165, 1.54) is 0 Å². The van der Waals surface area contributed by atoms with Crippen molar-refractivity contribution in [1.82, 2.24) is 4.98 Å². The van der Waals surface area contributed by atoms with E-state index in [0.29, 0.717) is 10.9 Å². The summed E-state index contributed by atoms with van der Waals surface area (Å²) >= 11 is 0. The first kappa shape index (κ1) is 18.4. The number of para-hydroxylation sites is 1. The predicted octanol–water partition coefficient (Wildman–Crippen LogP) is 2.76. The zero-order valence-corrected chi connectivity index (χ0v) is 14.7. The molecule has 1 aromatic carbocycles. The number of esters is 3. The van der Waals surface area contributed by atoms with Gasteiger partial charge in [0.2, 0.25) is 0 Å². The molecule has 7 nitrogen and oxygen atoms in total. The van der Waals surface area contributed by atoms with E-state index in [1.54, 1.807) is 45.0 Å². The smallest absolute Gasteiger partial charge is 0.357 e. The summed E-state index contributed by atoms with van der Waals surface area (Å²) in [5.41, 5.74) is -1.08. The summed E-state index contributed by atoms with van der Waals surface area (Å²) in [6, 6.07) is 6.63. The van der Waals surface area contributed by atoms with Crippen LogP contribution < -0.4 is 0 Å². The Morgan fingerprint density at radius 2 is 1.48 bits per heavy atom. The van der Waals surface area contributed by atoms with Gasteiger partial charge < -0.3 is 14.2 Å². The van der Waals surface area contributed by atoms with E-state index in [4.69, 9.17) is 14.2 Å². The number of carbonyl (C=O) groups is 3. The summed E-state index contributed by atoms with van der Waals surface area (Å²) in [6.45, 7) is 5.11. The number of benzene rings is 1. The van der Waals surface area contributed by atoms with Crippen molar-refractivity contribution in [3.8, 4) is 0 Å². The van der Waals surface area contributed by atoms with E-state index >= 15 is 0 Å². The van der Waals surface area contributed by atoms with E-state index in [9.17, 15) is 14.4 Å². The average Bonchev–Trinajstić information content (AvgIpc) is 2.56. The van der Waals surface area contributed by atoms with Crippen LogP contribution in [0.3, 0.4) is 0 Å². The van der Waals surface area contributed by atoms with Crippen LogP contribution in [0.2, 0.25) is 0 Å². The molecule has 132 valence electrons. The molecule has 0 spiro atoms. The second-order valence-electron chi connectivity index (χ2n) is 6.21. The van der Waals surface area contributed by atoms with Gasteiger partial charge in [-0.15, -0.1) is 0 Å². The van der Waals surface area contributed by atoms with E-state index in [-0.39, 0.29) is 16.8 Å². The minimum absolute atomic E-state index is 0.0761. The average molecular weight is 345 g/mol. The normalized spacial score (nSPS) is 11.1. The zero-order valence-electron chi connectivity index (χ0n) is 14.7.